The molecule has 3 rings (SSSR count). The van der Waals surface area contributed by atoms with E-state index in [1.807, 2.05) is 0 Å². The number of amides is 2. The van der Waals surface area contributed by atoms with Gasteiger partial charge in [0.1, 0.15) is 6.17 Å². The first-order valence-corrected chi connectivity index (χ1v) is 8.03. The molecule has 0 aliphatic carbocycles. The Balaban J connectivity index is 1.81. The van der Waals surface area contributed by atoms with Crippen molar-refractivity contribution in [2.24, 2.45) is 0 Å². The Morgan fingerprint density at radius 3 is 2.69 bits per heavy atom. The minimum atomic E-state index is -5.16. The fraction of sp³-hybridized carbons (Fsp3) is 0.562. The van der Waals surface area contributed by atoms with E-state index >= 15 is 0 Å². The summed E-state index contributed by atoms with van der Waals surface area (Å²) in [6.45, 7) is -0.143. The minimum Gasteiger partial charge on any atom is -0.373 e. The average Bonchev–Trinajstić information content (AvgIpc) is 2.94. The summed E-state index contributed by atoms with van der Waals surface area (Å²) in [5, 5.41) is 12.2. The number of nitrogens with one attached hydrogen (secondary N) is 1. The van der Waals surface area contributed by atoms with Gasteiger partial charge in [0.15, 0.2) is 0 Å². The lowest BCUT2D eigenvalue weighted by Crippen LogP contribution is -2.55. The number of rotatable bonds is 2. The lowest BCUT2D eigenvalue weighted by molar-refractivity contribution is -0.249. The first kappa shape index (κ1) is 18.6. The molecule has 1 aromatic rings. The highest BCUT2D eigenvalue weighted by atomic mass is 19.4. The van der Waals surface area contributed by atoms with E-state index < -0.39 is 36.3 Å². The number of nitrogens with zero attached hydrogens (tertiary/aromatic N) is 2. The van der Waals surface area contributed by atoms with Crippen LogP contribution in [0.5, 0.6) is 0 Å². The number of pyridine rings is 1. The van der Waals surface area contributed by atoms with Crippen molar-refractivity contribution in [3.8, 4) is 0 Å². The maximum Gasteiger partial charge on any atom is 0.426 e. The summed E-state index contributed by atoms with van der Waals surface area (Å²) in [6.07, 6.45) is -6.32. The molecule has 0 unspecified atom stereocenters. The van der Waals surface area contributed by atoms with E-state index in [-0.39, 0.29) is 18.1 Å². The quantitative estimate of drug-likeness (QED) is 0.754. The fourth-order valence-electron chi connectivity index (χ4n) is 3.15. The maximum absolute atomic E-state index is 14.4. The Bertz CT molecular complexity index is 751. The third kappa shape index (κ3) is 3.02. The highest BCUT2D eigenvalue weighted by Crippen LogP contribution is 2.36. The summed E-state index contributed by atoms with van der Waals surface area (Å²) in [6, 6.07) is 2.94. The van der Waals surface area contributed by atoms with Gasteiger partial charge in [0.05, 0.1) is 23.7 Å². The van der Waals surface area contributed by atoms with E-state index in [2.05, 4.69) is 10.3 Å². The Kier molecular flexibility index (Phi) is 4.41. The zero-order chi connectivity index (χ0) is 19.3. The molecular weight excluding hydrogens is 358 g/mol. The Morgan fingerprint density at radius 2 is 2.04 bits per heavy atom. The SMILES string of the molecule is C[C@@](O)(C(=O)N1C[C@H](F)[C@H](c2ccc3c(n2)CCNC3=O)C1)C(F)(F)F. The predicted octanol–water partition coefficient (Wildman–Crippen LogP) is 0.945. The van der Waals surface area contributed by atoms with E-state index in [1.54, 1.807) is 0 Å². The average molecular weight is 375 g/mol. The lowest BCUT2D eigenvalue weighted by Gasteiger charge is -2.29. The molecule has 6 nitrogen and oxygen atoms in total. The van der Waals surface area contributed by atoms with E-state index in [1.165, 1.54) is 12.1 Å². The van der Waals surface area contributed by atoms with Gasteiger partial charge in [0, 0.05) is 25.2 Å². The second-order valence-electron chi connectivity index (χ2n) is 6.64. The number of carbonyl (C=O) groups is 2. The Hall–Kier alpha value is -2.23. The first-order chi connectivity index (χ1) is 12.0. The minimum absolute atomic E-state index is 0.271. The van der Waals surface area contributed by atoms with Gasteiger partial charge in [-0.3, -0.25) is 14.6 Å². The van der Waals surface area contributed by atoms with Gasteiger partial charge < -0.3 is 15.3 Å². The topological polar surface area (TPSA) is 82.5 Å². The van der Waals surface area contributed by atoms with Crippen LogP contribution in [0.1, 0.15) is 34.6 Å². The summed E-state index contributed by atoms with van der Waals surface area (Å²) in [5.41, 5.74) is -2.44. The highest BCUT2D eigenvalue weighted by Gasteiger charge is 2.58. The molecule has 0 saturated carbocycles. The Morgan fingerprint density at radius 1 is 1.35 bits per heavy atom. The largest absolute Gasteiger partial charge is 0.426 e. The standard InChI is InChI=1S/C16H17F4N3O3/c1-15(26,16(18,19)20)14(25)23-6-9(10(17)7-23)11-3-2-8-12(22-11)4-5-21-13(8)24/h2-3,9-10,26H,4-7H2,1H3,(H,21,24)/t9-,10+,15-/m1/s1. The highest BCUT2D eigenvalue weighted by molar-refractivity contribution is 5.96. The molecule has 2 amide bonds. The Labute approximate surface area is 146 Å². The summed E-state index contributed by atoms with van der Waals surface area (Å²) >= 11 is 0. The van der Waals surface area contributed by atoms with Crippen molar-refractivity contribution in [1.82, 2.24) is 15.2 Å². The van der Waals surface area contributed by atoms with Crippen LogP contribution in [-0.2, 0) is 11.2 Å². The van der Waals surface area contributed by atoms with Crippen molar-refractivity contribution >= 4 is 11.8 Å². The van der Waals surface area contributed by atoms with Crippen molar-refractivity contribution in [3.05, 3.63) is 29.1 Å². The summed E-state index contributed by atoms with van der Waals surface area (Å²) < 4.78 is 52.9. The number of halogens is 4. The number of aliphatic hydroxyl groups is 1. The van der Waals surface area contributed by atoms with Gasteiger partial charge >= 0.3 is 6.18 Å². The molecule has 2 aliphatic rings. The molecule has 26 heavy (non-hydrogen) atoms. The van der Waals surface area contributed by atoms with Gasteiger partial charge in [-0.25, -0.2) is 4.39 Å². The lowest BCUT2D eigenvalue weighted by atomic mass is 9.99. The van der Waals surface area contributed by atoms with Crippen LogP contribution in [0.4, 0.5) is 17.6 Å². The predicted molar refractivity (Wildman–Crippen MR) is 81.2 cm³/mol. The van der Waals surface area contributed by atoms with Crippen LogP contribution in [0.25, 0.3) is 0 Å². The van der Waals surface area contributed by atoms with E-state index in [0.29, 0.717) is 36.0 Å². The van der Waals surface area contributed by atoms with Crippen molar-refractivity contribution < 1.29 is 32.3 Å². The molecule has 0 aromatic carbocycles. The second kappa shape index (κ2) is 6.19. The molecule has 0 bridgehead atoms. The molecule has 2 aliphatic heterocycles. The summed E-state index contributed by atoms with van der Waals surface area (Å²) in [4.78, 5) is 28.7. The number of fused-ring (bicyclic) bond motifs is 1. The van der Waals surface area contributed by atoms with Gasteiger partial charge in [0.2, 0.25) is 5.60 Å². The summed E-state index contributed by atoms with van der Waals surface area (Å²) in [5.74, 6) is -2.79. The third-order valence-corrected chi connectivity index (χ3v) is 4.77. The molecule has 2 N–H and O–H groups in total. The molecule has 0 radical (unpaired) electrons. The van der Waals surface area contributed by atoms with Crippen LogP contribution in [0.2, 0.25) is 0 Å². The van der Waals surface area contributed by atoms with Crippen LogP contribution in [0.3, 0.4) is 0 Å². The molecule has 1 fully saturated rings. The van der Waals surface area contributed by atoms with Gasteiger partial charge in [-0.1, -0.05) is 0 Å². The van der Waals surface area contributed by atoms with E-state index in [4.69, 9.17) is 0 Å². The van der Waals surface area contributed by atoms with Crippen LogP contribution >= 0.6 is 0 Å². The van der Waals surface area contributed by atoms with Crippen LogP contribution < -0.4 is 5.32 Å². The number of alkyl halides is 4. The van der Waals surface area contributed by atoms with Crippen LogP contribution in [0.15, 0.2) is 12.1 Å². The monoisotopic (exact) mass is 375 g/mol. The van der Waals surface area contributed by atoms with E-state index in [0.717, 1.165) is 0 Å². The van der Waals surface area contributed by atoms with Gasteiger partial charge in [0.25, 0.3) is 11.8 Å². The smallest absolute Gasteiger partial charge is 0.373 e. The molecule has 1 aromatic heterocycles. The van der Waals surface area contributed by atoms with Gasteiger partial charge in [-0.2, -0.15) is 13.2 Å². The number of carbonyl (C=O) groups excluding carboxylic acids is 2. The molecule has 10 heteroatoms. The number of hydrogen-bond acceptors (Lipinski definition) is 4. The van der Waals surface area contributed by atoms with Crippen molar-refractivity contribution in [3.63, 3.8) is 0 Å². The molecule has 3 atom stereocenters. The third-order valence-electron chi connectivity index (χ3n) is 4.77. The van der Waals surface area contributed by atoms with E-state index in [9.17, 15) is 32.3 Å². The zero-order valence-corrected chi connectivity index (χ0v) is 13.8. The van der Waals surface area contributed by atoms with Crippen LogP contribution in [-0.4, -0.2) is 64.4 Å². The zero-order valence-electron chi connectivity index (χ0n) is 13.8. The van der Waals surface area contributed by atoms with Gasteiger partial charge in [-0.15, -0.1) is 0 Å². The van der Waals surface area contributed by atoms with Crippen molar-refractivity contribution in [2.45, 2.75) is 37.2 Å². The number of likely N-dealkylation sites (tertiary alicyclic amines) is 1. The molecular formula is C16H17F4N3O3. The molecule has 3 heterocycles. The first-order valence-electron chi connectivity index (χ1n) is 8.03. The number of aromatic nitrogens is 1. The van der Waals surface area contributed by atoms with Crippen LogP contribution in [0, 0.1) is 0 Å². The second-order valence-corrected chi connectivity index (χ2v) is 6.64. The number of hydrogen-bond donors (Lipinski definition) is 2. The maximum atomic E-state index is 14.4. The fourth-order valence-corrected chi connectivity index (χ4v) is 3.15. The molecule has 1 saturated heterocycles. The van der Waals surface area contributed by atoms with Gasteiger partial charge in [-0.05, 0) is 19.1 Å². The summed E-state index contributed by atoms with van der Waals surface area (Å²) in [7, 11) is 0. The normalized spacial score (nSPS) is 25.5. The molecule has 0 spiro atoms. The van der Waals surface area contributed by atoms with Crippen molar-refractivity contribution in [1.29, 1.82) is 0 Å². The molecule has 142 valence electrons. The van der Waals surface area contributed by atoms with Crippen molar-refractivity contribution in [2.75, 3.05) is 19.6 Å².